The Labute approximate surface area is 190 Å². The van der Waals surface area contributed by atoms with Crippen molar-refractivity contribution in [2.45, 2.75) is 17.5 Å². The number of imidazole rings is 1. The van der Waals surface area contributed by atoms with Gasteiger partial charge in [0, 0.05) is 37.2 Å². The Balaban J connectivity index is 1.47. The number of carbonyl (C=O) groups is 2. The molecule has 0 spiro atoms. The summed E-state index contributed by atoms with van der Waals surface area (Å²) >= 11 is 1.34. The standard InChI is InChI=1S/C21H23N5O4S2/c1-26-11-10-23-21(26)31-13-19(27)25-18-8-6-17(7-9-18)20(28)24-12-15-2-4-16(5-3-15)14-32(22,29)30/h2-11H,12-14H2,1H3,(H,24,28)(H,25,27)(H2,22,29,30). The molecule has 0 aliphatic rings. The maximum atomic E-state index is 12.4. The molecule has 0 saturated heterocycles. The number of nitrogens with zero attached hydrogens (tertiary/aromatic N) is 2. The third kappa shape index (κ3) is 7.22. The lowest BCUT2D eigenvalue weighted by Gasteiger charge is -2.08. The minimum atomic E-state index is -3.58. The summed E-state index contributed by atoms with van der Waals surface area (Å²) < 4.78 is 24.1. The molecule has 0 unspecified atom stereocenters. The normalized spacial score (nSPS) is 11.2. The summed E-state index contributed by atoms with van der Waals surface area (Å²) in [6.07, 6.45) is 3.49. The number of aryl methyl sites for hydroxylation is 1. The number of hydrogen-bond donors (Lipinski definition) is 3. The Bertz CT molecular complexity index is 1190. The van der Waals surface area contributed by atoms with Gasteiger partial charge < -0.3 is 15.2 Å². The minimum absolute atomic E-state index is 0.166. The molecule has 2 amide bonds. The third-order valence-electron chi connectivity index (χ3n) is 4.38. The molecule has 0 aliphatic heterocycles. The van der Waals surface area contributed by atoms with Crippen molar-refractivity contribution in [1.82, 2.24) is 14.9 Å². The molecule has 0 aliphatic carbocycles. The van der Waals surface area contributed by atoms with E-state index in [9.17, 15) is 18.0 Å². The van der Waals surface area contributed by atoms with Crippen LogP contribution in [-0.4, -0.2) is 35.5 Å². The van der Waals surface area contributed by atoms with E-state index in [2.05, 4.69) is 15.6 Å². The Morgan fingerprint density at radius 2 is 1.72 bits per heavy atom. The number of nitrogens with one attached hydrogen (secondary N) is 2. The van der Waals surface area contributed by atoms with Gasteiger partial charge in [-0.2, -0.15) is 0 Å². The summed E-state index contributed by atoms with van der Waals surface area (Å²) in [7, 11) is -1.72. The second kappa shape index (κ2) is 10.4. The molecule has 1 heterocycles. The van der Waals surface area contributed by atoms with Crippen molar-refractivity contribution >= 4 is 39.3 Å². The zero-order valence-corrected chi connectivity index (χ0v) is 18.9. The number of benzene rings is 2. The van der Waals surface area contributed by atoms with Gasteiger partial charge in [0.05, 0.1) is 11.5 Å². The maximum absolute atomic E-state index is 12.4. The summed E-state index contributed by atoms with van der Waals surface area (Å²) in [5.74, 6) is -0.434. The van der Waals surface area contributed by atoms with Crippen LogP contribution in [0.1, 0.15) is 21.5 Å². The number of rotatable bonds is 9. The largest absolute Gasteiger partial charge is 0.348 e. The number of hydrogen-bond acceptors (Lipinski definition) is 6. The molecule has 0 saturated carbocycles. The fourth-order valence-electron chi connectivity index (χ4n) is 2.79. The second-order valence-electron chi connectivity index (χ2n) is 7.04. The number of amides is 2. The van der Waals surface area contributed by atoms with Crippen LogP contribution < -0.4 is 15.8 Å². The van der Waals surface area contributed by atoms with E-state index in [0.29, 0.717) is 16.8 Å². The smallest absolute Gasteiger partial charge is 0.251 e. The molecule has 9 nitrogen and oxygen atoms in total. The van der Waals surface area contributed by atoms with Gasteiger partial charge in [0.1, 0.15) is 0 Å². The topological polar surface area (TPSA) is 136 Å². The Morgan fingerprint density at radius 3 is 2.31 bits per heavy atom. The fourth-order valence-corrected chi connectivity index (χ4v) is 4.18. The van der Waals surface area contributed by atoms with E-state index in [1.165, 1.54) is 11.8 Å². The van der Waals surface area contributed by atoms with Gasteiger partial charge in [0.25, 0.3) is 5.91 Å². The van der Waals surface area contributed by atoms with Crippen LogP contribution in [-0.2, 0) is 34.2 Å². The van der Waals surface area contributed by atoms with Gasteiger partial charge >= 0.3 is 0 Å². The predicted octanol–water partition coefficient (Wildman–Crippen LogP) is 1.87. The lowest BCUT2D eigenvalue weighted by atomic mass is 10.1. The molecule has 0 atom stereocenters. The van der Waals surface area contributed by atoms with Gasteiger partial charge in [-0.1, -0.05) is 36.0 Å². The highest BCUT2D eigenvalue weighted by Crippen LogP contribution is 2.16. The zero-order valence-electron chi connectivity index (χ0n) is 17.3. The van der Waals surface area contributed by atoms with Crippen LogP contribution in [0.5, 0.6) is 0 Å². The van der Waals surface area contributed by atoms with Crippen molar-refractivity contribution in [1.29, 1.82) is 0 Å². The van der Waals surface area contributed by atoms with E-state index < -0.39 is 10.0 Å². The summed E-state index contributed by atoms with van der Waals surface area (Å²) in [5.41, 5.74) is 2.46. The Kier molecular flexibility index (Phi) is 7.67. The summed E-state index contributed by atoms with van der Waals surface area (Å²) in [6.45, 7) is 0.289. The molecule has 3 rings (SSSR count). The van der Waals surface area contributed by atoms with Crippen LogP contribution in [0, 0.1) is 0 Å². The molecule has 0 bridgehead atoms. The fraction of sp³-hybridized carbons (Fsp3) is 0.190. The van der Waals surface area contributed by atoms with E-state index in [1.54, 1.807) is 54.7 Å². The van der Waals surface area contributed by atoms with Gasteiger partial charge in [-0.3, -0.25) is 9.59 Å². The van der Waals surface area contributed by atoms with Gasteiger partial charge in [-0.25, -0.2) is 18.5 Å². The van der Waals surface area contributed by atoms with Crippen molar-refractivity contribution in [3.05, 3.63) is 77.6 Å². The van der Waals surface area contributed by atoms with Gasteiger partial charge in [0.15, 0.2) is 5.16 Å². The number of carbonyl (C=O) groups excluding carboxylic acids is 2. The van der Waals surface area contributed by atoms with Crippen LogP contribution in [0.15, 0.2) is 66.1 Å². The summed E-state index contributed by atoms with van der Waals surface area (Å²) in [6, 6.07) is 13.4. The number of aromatic nitrogens is 2. The average Bonchev–Trinajstić information content (AvgIpc) is 3.16. The molecular weight excluding hydrogens is 450 g/mol. The van der Waals surface area contributed by atoms with E-state index in [0.717, 1.165) is 10.7 Å². The molecule has 1 aromatic heterocycles. The van der Waals surface area contributed by atoms with Crippen molar-refractivity contribution in [2.75, 3.05) is 11.1 Å². The maximum Gasteiger partial charge on any atom is 0.251 e. The quantitative estimate of drug-likeness (QED) is 0.406. The molecule has 0 radical (unpaired) electrons. The first kappa shape index (κ1) is 23.5. The molecular formula is C21H23N5O4S2. The zero-order chi connectivity index (χ0) is 23.1. The summed E-state index contributed by atoms with van der Waals surface area (Å²) in [4.78, 5) is 28.6. The predicted molar refractivity (Wildman–Crippen MR) is 123 cm³/mol. The molecule has 2 aromatic carbocycles. The monoisotopic (exact) mass is 473 g/mol. The lowest BCUT2D eigenvalue weighted by Crippen LogP contribution is -2.23. The van der Waals surface area contributed by atoms with Crippen molar-refractivity contribution in [2.24, 2.45) is 12.2 Å². The second-order valence-corrected chi connectivity index (χ2v) is 9.60. The van der Waals surface area contributed by atoms with Gasteiger partial charge in [-0.05, 0) is 35.4 Å². The number of anilines is 1. The van der Waals surface area contributed by atoms with Crippen LogP contribution >= 0.6 is 11.8 Å². The molecule has 0 fully saturated rings. The van der Waals surface area contributed by atoms with Crippen LogP contribution in [0.2, 0.25) is 0 Å². The first-order valence-electron chi connectivity index (χ1n) is 9.56. The van der Waals surface area contributed by atoms with Crippen LogP contribution in [0.3, 0.4) is 0 Å². The lowest BCUT2D eigenvalue weighted by molar-refractivity contribution is -0.113. The Hall–Kier alpha value is -3.15. The number of sulfonamides is 1. The van der Waals surface area contributed by atoms with E-state index in [4.69, 9.17) is 5.14 Å². The molecule has 32 heavy (non-hydrogen) atoms. The third-order valence-corrected chi connectivity index (χ3v) is 6.18. The van der Waals surface area contributed by atoms with Crippen molar-refractivity contribution in [3.63, 3.8) is 0 Å². The number of primary sulfonamides is 1. The Morgan fingerprint density at radius 1 is 1.06 bits per heavy atom. The highest BCUT2D eigenvalue weighted by atomic mass is 32.2. The average molecular weight is 474 g/mol. The van der Waals surface area contributed by atoms with Crippen molar-refractivity contribution < 1.29 is 18.0 Å². The van der Waals surface area contributed by atoms with Gasteiger partial charge in [0.2, 0.25) is 15.9 Å². The van der Waals surface area contributed by atoms with Gasteiger partial charge in [-0.15, -0.1) is 0 Å². The minimum Gasteiger partial charge on any atom is -0.348 e. The SMILES string of the molecule is Cn1ccnc1SCC(=O)Nc1ccc(C(=O)NCc2ccc(CS(N)(=O)=O)cc2)cc1. The highest BCUT2D eigenvalue weighted by molar-refractivity contribution is 7.99. The first-order chi connectivity index (χ1) is 15.2. The summed E-state index contributed by atoms with van der Waals surface area (Å²) in [5, 5.41) is 11.4. The van der Waals surface area contributed by atoms with Crippen LogP contribution in [0.4, 0.5) is 5.69 Å². The highest BCUT2D eigenvalue weighted by Gasteiger charge is 2.09. The van der Waals surface area contributed by atoms with E-state index in [-0.39, 0.29) is 29.9 Å². The van der Waals surface area contributed by atoms with Crippen LogP contribution in [0.25, 0.3) is 0 Å². The number of nitrogens with two attached hydrogens (primary N) is 1. The molecule has 4 N–H and O–H groups in total. The number of thioether (sulfide) groups is 1. The van der Waals surface area contributed by atoms with E-state index in [1.807, 2.05) is 17.8 Å². The molecule has 168 valence electrons. The molecule has 11 heteroatoms. The molecule has 3 aromatic rings. The van der Waals surface area contributed by atoms with E-state index >= 15 is 0 Å². The first-order valence-corrected chi connectivity index (χ1v) is 12.3. The van der Waals surface area contributed by atoms with Crippen molar-refractivity contribution in [3.8, 4) is 0 Å².